The number of carbonyl (C=O) groups is 1. The maximum absolute atomic E-state index is 10.4. The fourth-order valence-corrected chi connectivity index (χ4v) is 1.21. The van der Waals surface area contributed by atoms with Crippen LogP contribution in [0.5, 0.6) is 0 Å². The fourth-order valence-electron chi connectivity index (χ4n) is 1.21. The van der Waals surface area contributed by atoms with E-state index in [0.29, 0.717) is 5.57 Å². The summed E-state index contributed by atoms with van der Waals surface area (Å²) in [6.45, 7) is 0. The predicted molar refractivity (Wildman–Crippen MR) is 48.7 cm³/mol. The van der Waals surface area contributed by atoms with E-state index in [1.165, 1.54) is 6.42 Å². The molecule has 0 spiro atoms. The average molecular weight is 213 g/mol. The number of carboxylic acid groups (broad SMARTS) is 1. The van der Waals surface area contributed by atoms with Gasteiger partial charge in [-0.1, -0.05) is 12.5 Å². The summed E-state index contributed by atoms with van der Waals surface area (Å²) in [4.78, 5) is 10.4. The molecule has 0 amide bonds. The molecular weight excluding hydrogens is 198 g/mol. The molecule has 0 atom stereocenters. The number of rotatable bonds is 1. The molecule has 1 N–H and O–H groups in total. The normalized spacial score (nSPS) is 17.6. The van der Waals surface area contributed by atoms with Crippen LogP contribution in [0.3, 0.4) is 0 Å². The van der Waals surface area contributed by atoms with E-state index in [9.17, 15) is 4.79 Å². The zero-order chi connectivity index (χ0) is 7.40. The van der Waals surface area contributed by atoms with Crippen LogP contribution in [0.1, 0.15) is 32.1 Å². The molecule has 3 heteroatoms. The molecule has 1 rings (SSSR count). The van der Waals surface area contributed by atoms with Crippen LogP contribution in [-0.4, -0.2) is 30.9 Å². The molecule has 2 nitrogen and oxygen atoms in total. The minimum absolute atomic E-state index is 0. The van der Waals surface area contributed by atoms with Crippen molar-refractivity contribution in [1.82, 2.24) is 0 Å². The van der Waals surface area contributed by atoms with Gasteiger partial charge in [0.15, 0.2) is 0 Å². The van der Waals surface area contributed by atoms with Gasteiger partial charge in [0, 0.05) is 5.57 Å². The Bertz CT molecular complexity index is 163. The maximum atomic E-state index is 10.4. The third kappa shape index (κ3) is 3.67. The van der Waals surface area contributed by atoms with Crippen molar-refractivity contribution in [1.29, 1.82) is 0 Å². The summed E-state index contributed by atoms with van der Waals surface area (Å²) >= 11 is 0. The Balaban J connectivity index is 0.000001000. The van der Waals surface area contributed by atoms with Crippen molar-refractivity contribution in [2.24, 2.45) is 0 Å². The van der Waals surface area contributed by atoms with Crippen molar-refractivity contribution in [2.45, 2.75) is 32.1 Å². The van der Waals surface area contributed by atoms with Gasteiger partial charge in [0.05, 0.1) is 0 Å². The van der Waals surface area contributed by atoms with Crippen molar-refractivity contribution < 1.29 is 9.90 Å². The average Bonchev–Trinajstić information content (AvgIpc) is 2.12. The van der Waals surface area contributed by atoms with E-state index in [1.54, 1.807) is 0 Å². The summed E-state index contributed by atoms with van der Waals surface area (Å²) in [5.41, 5.74) is 0.609. The van der Waals surface area contributed by atoms with E-state index in [4.69, 9.17) is 5.11 Å². The summed E-state index contributed by atoms with van der Waals surface area (Å²) in [6.07, 6.45) is 6.93. The van der Waals surface area contributed by atoms with Gasteiger partial charge in [-0.3, -0.25) is 0 Å². The molecule has 0 bridgehead atoms. The van der Waals surface area contributed by atoms with Crippen LogP contribution < -0.4 is 0 Å². The number of aliphatic carboxylic acids is 1. The molecule has 0 aliphatic heterocycles. The van der Waals surface area contributed by atoms with Gasteiger partial charge in [-0.15, -0.1) is 0 Å². The Hall–Kier alpha value is -0.154. The quantitative estimate of drug-likeness (QED) is 0.653. The topological polar surface area (TPSA) is 37.3 Å². The molecule has 1 aliphatic rings. The predicted octanol–water partition coefficient (Wildman–Crippen LogP) is 0.778. The standard InChI is InChI=1S/C8H12O2.Ga.3H/c9-8(10)7-5-3-1-2-4-6-7;;;;/h5H,1-4,6H2,(H,9,10);;;;. The zero-order valence-corrected chi connectivity index (χ0v) is 5.97. The van der Waals surface area contributed by atoms with Gasteiger partial charge in [-0.05, 0) is 25.7 Å². The second-order valence-electron chi connectivity index (χ2n) is 2.63. The molecule has 0 aromatic heterocycles. The van der Waals surface area contributed by atoms with E-state index in [2.05, 4.69) is 0 Å². The Morgan fingerprint density at radius 2 is 2.09 bits per heavy atom. The van der Waals surface area contributed by atoms with Crippen molar-refractivity contribution in [3.05, 3.63) is 11.6 Å². The summed E-state index contributed by atoms with van der Waals surface area (Å²) in [5, 5.41) is 8.59. The molecule has 0 fully saturated rings. The van der Waals surface area contributed by atoms with Crippen molar-refractivity contribution in [3.8, 4) is 0 Å². The molecule has 0 aromatic rings. The van der Waals surface area contributed by atoms with Crippen LogP contribution in [0, 0.1) is 0 Å². The third-order valence-corrected chi connectivity index (χ3v) is 1.82. The van der Waals surface area contributed by atoms with Gasteiger partial charge in [0.25, 0.3) is 0 Å². The van der Waals surface area contributed by atoms with Crippen LogP contribution in [0.25, 0.3) is 0 Å². The van der Waals surface area contributed by atoms with Gasteiger partial charge >= 0.3 is 25.8 Å². The first-order chi connectivity index (χ1) is 4.80. The molecule has 0 radical (unpaired) electrons. The van der Waals surface area contributed by atoms with Gasteiger partial charge in [-0.25, -0.2) is 4.79 Å². The monoisotopic (exact) mass is 212 g/mol. The Morgan fingerprint density at radius 1 is 1.36 bits per heavy atom. The summed E-state index contributed by atoms with van der Waals surface area (Å²) in [5.74, 6) is -0.734. The second kappa shape index (κ2) is 5.49. The van der Waals surface area contributed by atoms with Gasteiger partial charge in [0.2, 0.25) is 0 Å². The van der Waals surface area contributed by atoms with Crippen molar-refractivity contribution >= 4 is 25.8 Å². The second-order valence-corrected chi connectivity index (χ2v) is 2.63. The molecular formula is C8H15GaO2. The van der Waals surface area contributed by atoms with Gasteiger partial charge < -0.3 is 5.11 Å². The summed E-state index contributed by atoms with van der Waals surface area (Å²) in [6, 6.07) is 0. The van der Waals surface area contributed by atoms with Crippen molar-refractivity contribution in [3.63, 3.8) is 0 Å². The van der Waals surface area contributed by atoms with E-state index < -0.39 is 5.97 Å². The van der Waals surface area contributed by atoms with Crippen molar-refractivity contribution in [2.75, 3.05) is 0 Å². The molecule has 0 unspecified atom stereocenters. The van der Waals surface area contributed by atoms with Gasteiger partial charge in [-0.2, -0.15) is 0 Å². The number of allylic oxidation sites excluding steroid dienone is 1. The first-order valence-electron chi connectivity index (χ1n) is 3.73. The molecule has 0 saturated heterocycles. The van der Waals surface area contributed by atoms with Crippen LogP contribution >= 0.6 is 0 Å². The minimum atomic E-state index is -0.734. The molecule has 0 saturated carbocycles. The number of hydrogen-bond acceptors (Lipinski definition) is 1. The Kier molecular flexibility index (Phi) is 5.41. The van der Waals surface area contributed by atoms with E-state index in [-0.39, 0.29) is 19.8 Å². The zero-order valence-electron chi connectivity index (χ0n) is 5.97. The molecule has 1 aliphatic carbocycles. The van der Waals surface area contributed by atoms with E-state index in [0.717, 1.165) is 25.7 Å². The molecule has 11 heavy (non-hydrogen) atoms. The molecule has 62 valence electrons. The van der Waals surface area contributed by atoms with Crippen LogP contribution in [0.2, 0.25) is 0 Å². The first kappa shape index (κ1) is 10.8. The Labute approximate surface area is 79.7 Å². The van der Waals surface area contributed by atoms with E-state index >= 15 is 0 Å². The number of hydrogen-bond donors (Lipinski definition) is 1. The molecule has 0 aromatic carbocycles. The Morgan fingerprint density at radius 3 is 2.73 bits per heavy atom. The third-order valence-electron chi connectivity index (χ3n) is 1.82. The summed E-state index contributed by atoms with van der Waals surface area (Å²) < 4.78 is 0. The fraction of sp³-hybridized carbons (Fsp3) is 0.625. The molecule has 0 heterocycles. The van der Waals surface area contributed by atoms with Crippen LogP contribution in [-0.2, 0) is 4.79 Å². The first-order valence-corrected chi connectivity index (χ1v) is 3.73. The summed E-state index contributed by atoms with van der Waals surface area (Å²) in [7, 11) is 0. The van der Waals surface area contributed by atoms with E-state index in [1.807, 2.05) is 6.08 Å². The number of carboxylic acids is 1. The van der Waals surface area contributed by atoms with Gasteiger partial charge in [0.1, 0.15) is 0 Å². The van der Waals surface area contributed by atoms with Crippen LogP contribution in [0.15, 0.2) is 11.6 Å². The van der Waals surface area contributed by atoms with Crippen LogP contribution in [0.4, 0.5) is 0 Å². The SMILES string of the molecule is O=C(O)C1=CCCCCC1.[GaH3].